The van der Waals surface area contributed by atoms with Crippen LogP contribution in [0.5, 0.6) is 0 Å². The van der Waals surface area contributed by atoms with Gasteiger partial charge in [-0.2, -0.15) is 0 Å². The molecule has 1 aliphatic carbocycles. The van der Waals surface area contributed by atoms with Gasteiger partial charge in [-0.25, -0.2) is 9.78 Å². The first-order chi connectivity index (χ1) is 15.0. The molecule has 31 heavy (non-hydrogen) atoms. The number of aryl methyl sites for hydroxylation is 2. The van der Waals surface area contributed by atoms with Crippen molar-refractivity contribution in [3.63, 3.8) is 0 Å². The maximum absolute atomic E-state index is 11.8. The Kier molecular flexibility index (Phi) is 5.05. The van der Waals surface area contributed by atoms with Crippen molar-refractivity contribution >= 4 is 21.6 Å². The van der Waals surface area contributed by atoms with Gasteiger partial charge in [0.25, 0.3) is 0 Å². The van der Waals surface area contributed by atoms with Crippen molar-refractivity contribution in [1.29, 1.82) is 0 Å². The summed E-state index contributed by atoms with van der Waals surface area (Å²) >= 11 is 1.85. The fourth-order valence-electron chi connectivity index (χ4n) is 5.02. The minimum Gasteiger partial charge on any atom is -0.296 e. The number of fused-ring (bicyclic) bond motifs is 3. The summed E-state index contributed by atoms with van der Waals surface area (Å²) in [7, 11) is 0. The molecule has 5 nitrogen and oxygen atoms in total. The molecule has 0 saturated carbocycles. The van der Waals surface area contributed by atoms with Gasteiger partial charge in [0.15, 0.2) is 5.82 Å². The van der Waals surface area contributed by atoms with Gasteiger partial charge in [0.2, 0.25) is 0 Å². The van der Waals surface area contributed by atoms with Crippen molar-refractivity contribution in [2.24, 2.45) is 5.92 Å². The van der Waals surface area contributed by atoms with Crippen LogP contribution in [0.1, 0.15) is 65.7 Å². The summed E-state index contributed by atoms with van der Waals surface area (Å²) in [5, 5.41) is 5.38. The molecule has 4 aromatic rings. The van der Waals surface area contributed by atoms with Crippen LogP contribution in [0.15, 0.2) is 33.6 Å². The van der Waals surface area contributed by atoms with Crippen LogP contribution in [0.25, 0.3) is 21.3 Å². The van der Waals surface area contributed by atoms with E-state index in [0.29, 0.717) is 11.7 Å². The lowest BCUT2D eigenvalue weighted by Crippen LogP contribution is -2.10. The molecule has 1 aromatic carbocycles. The lowest BCUT2D eigenvalue weighted by atomic mass is 9.84. The highest BCUT2D eigenvalue weighted by Crippen LogP contribution is 2.47. The third kappa shape index (κ3) is 3.43. The third-order valence-electron chi connectivity index (χ3n) is 6.39. The summed E-state index contributed by atoms with van der Waals surface area (Å²) < 4.78 is 4.90. The highest BCUT2D eigenvalue weighted by molar-refractivity contribution is 7.19. The van der Waals surface area contributed by atoms with Gasteiger partial charge in [0.1, 0.15) is 4.83 Å². The lowest BCUT2D eigenvalue weighted by Gasteiger charge is -2.22. The first-order valence-electron chi connectivity index (χ1n) is 11.0. The van der Waals surface area contributed by atoms with Gasteiger partial charge in [0, 0.05) is 21.9 Å². The average Bonchev–Trinajstić information content (AvgIpc) is 3.40. The maximum Gasteiger partial charge on any atom is 0.438 e. The second kappa shape index (κ2) is 7.75. The molecule has 5 rings (SSSR count). The Balaban J connectivity index is 1.86. The quantitative estimate of drug-likeness (QED) is 0.424. The van der Waals surface area contributed by atoms with Crippen LogP contribution >= 0.6 is 11.3 Å². The fraction of sp³-hybridized carbons (Fsp3) is 0.400. The molecule has 1 N–H and O–H groups in total. The zero-order valence-electron chi connectivity index (χ0n) is 18.4. The molecule has 2 atom stereocenters. The number of nitrogens with zero attached hydrogens (tertiary/aromatic N) is 2. The lowest BCUT2D eigenvalue weighted by molar-refractivity contribution is 0.378. The van der Waals surface area contributed by atoms with Gasteiger partial charge in [-0.05, 0) is 61.3 Å². The minimum atomic E-state index is -0.509. The molecule has 160 valence electrons. The molecular weight excluding hydrogens is 406 g/mol. The van der Waals surface area contributed by atoms with Crippen LogP contribution in [-0.2, 0) is 12.8 Å². The number of nitrogens with one attached hydrogen (secondary N) is 1. The smallest absolute Gasteiger partial charge is 0.296 e. The maximum atomic E-state index is 11.8. The first-order valence-corrected chi connectivity index (χ1v) is 11.9. The Hall–Kier alpha value is -2.73. The number of hydrogen-bond donors (Lipinski definition) is 1. The van der Waals surface area contributed by atoms with E-state index in [9.17, 15) is 4.79 Å². The normalized spacial score (nSPS) is 16.7. The van der Waals surface area contributed by atoms with Crippen LogP contribution in [0.3, 0.4) is 0 Å². The van der Waals surface area contributed by atoms with Gasteiger partial charge in [-0.3, -0.25) is 9.51 Å². The second-order valence-electron chi connectivity index (χ2n) is 8.87. The highest BCUT2D eigenvalue weighted by Gasteiger charge is 2.31. The van der Waals surface area contributed by atoms with Crippen LogP contribution in [0.4, 0.5) is 0 Å². The summed E-state index contributed by atoms with van der Waals surface area (Å²) in [4.78, 5) is 22.3. The molecule has 0 aliphatic heterocycles. The van der Waals surface area contributed by atoms with E-state index in [1.807, 2.05) is 11.3 Å². The van der Waals surface area contributed by atoms with E-state index in [2.05, 4.69) is 62.1 Å². The molecule has 0 bridgehead atoms. The largest absolute Gasteiger partial charge is 0.438 e. The Bertz CT molecular complexity index is 1310. The van der Waals surface area contributed by atoms with Crippen molar-refractivity contribution in [3.05, 3.63) is 67.9 Å². The number of pyridine rings is 1. The predicted molar refractivity (Wildman–Crippen MR) is 125 cm³/mol. The number of H-pyrrole nitrogens is 1. The molecule has 0 fully saturated rings. The molecule has 0 radical (unpaired) electrons. The fourth-order valence-corrected chi connectivity index (χ4v) is 6.44. The zero-order valence-corrected chi connectivity index (χ0v) is 19.2. The Morgan fingerprint density at radius 3 is 2.68 bits per heavy atom. The molecular formula is C25H27N3O2S. The third-order valence-corrected chi connectivity index (χ3v) is 7.54. The van der Waals surface area contributed by atoms with Gasteiger partial charge in [-0.1, -0.05) is 55.3 Å². The average molecular weight is 434 g/mol. The van der Waals surface area contributed by atoms with E-state index in [-0.39, 0.29) is 5.92 Å². The van der Waals surface area contributed by atoms with Crippen LogP contribution in [-0.4, -0.2) is 15.1 Å². The van der Waals surface area contributed by atoms with E-state index in [4.69, 9.17) is 9.51 Å². The van der Waals surface area contributed by atoms with Crippen molar-refractivity contribution < 1.29 is 4.52 Å². The molecule has 0 spiro atoms. The number of hydrogen-bond acceptors (Lipinski definition) is 5. The van der Waals surface area contributed by atoms with E-state index < -0.39 is 5.76 Å². The van der Waals surface area contributed by atoms with Crippen LogP contribution in [0.2, 0.25) is 0 Å². The topological polar surface area (TPSA) is 71.8 Å². The molecule has 6 heteroatoms. The second-order valence-corrected chi connectivity index (χ2v) is 9.95. The molecule has 0 amide bonds. The highest BCUT2D eigenvalue weighted by atomic mass is 32.1. The number of aromatic amines is 1. The number of rotatable bonds is 5. The van der Waals surface area contributed by atoms with Gasteiger partial charge in [0.05, 0.1) is 0 Å². The number of thiophene rings is 1. The monoisotopic (exact) mass is 433 g/mol. The SMILES string of the molecule is CCCC(c1noc(=O)[nH]1)c1c(C)nc2sc3c(c2c1-c1ccc(C)cc1)CC(C)C3. The first kappa shape index (κ1) is 20.2. The molecule has 3 heterocycles. The predicted octanol–water partition coefficient (Wildman–Crippen LogP) is 5.92. The van der Waals surface area contributed by atoms with Crippen molar-refractivity contribution in [1.82, 2.24) is 15.1 Å². The van der Waals surface area contributed by atoms with Crippen molar-refractivity contribution in [2.75, 3.05) is 0 Å². The van der Waals surface area contributed by atoms with Crippen LogP contribution < -0.4 is 5.76 Å². The van der Waals surface area contributed by atoms with E-state index in [0.717, 1.165) is 41.8 Å². The van der Waals surface area contributed by atoms with E-state index in [1.165, 1.54) is 32.5 Å². The van der Waals surface area contributed by atoms with E-state index >= 15 is 0 Å². The number of benzene rings is 1. The zero-order chi connectivity index (χ0) is 21.7. The van der Waals surface area contributed by atoms with Gasteiger partial charge < -0.3 is 0 Å². The molecule has 0 saturated heterocycles. The Morgan fingerprint density at radius 1 is 1.23 bits per heavy atom. The Labute approximate surface area is 185 Å². The van der Waals surface area contributed by atoms with Gasteiger partial charge >= 0.3 is 5.76 Å². The minimum absolute atomic E-state index is 0.0703. The van der Waals surface area contributed by atoms with Crippen molar-refractivity contribution in [2.45, 2.75) is 59.3 Å². The van der Waals surface area contributed by atoms with Crippen molar-refractivity contribution in [3.8, 4) is 11.1 Å². The molecule has 3 aromatic heterocycles. The number of aromatic nitrogens is 3. The Morgan fingerprint density at radius 2 is 2.00 bits per heavy atom. The standard InChI is InChI=1S/C25H27N3O2S/c1-5-6-17(23-27-25(29)30-28-23)20-15(4)26-24-22(18-11-14(3)12-19(18)31-24)21(20)16-9-7-13(2)8-10-16/h7-10,14,17H,5-6,11-12H2,1-4H3,(H,27,28,29). The molecule has 1 aliphatic rings. The van der Waals surface area contributed by atoms with Gasteiger partial charge in [-0.15, -0.1) is 11.3 Å². The summed E-state index contributed by atoms with van der Waals surface area (Å²) in [6.45, 7) is 8.68. The van der Waals surface area contributed by atoms with Crippen LogP contribution in [0, 0.1) is 19.8 Å². The molecule has 2 unspecified atom stereocenters. The summed E-state index contributed by atoms with van der Waals surface area (Å²) in [5.74, 6) is 0.674. The summed E-state index contributed by atoms with van der Waals surface area (Å²) in [5.41, 5.74) is 7.30. The van der Waals surface area contributed by atoms with E-state index in [1.54, 1.807) is 0 Å². The summed E-state index contributed by atoms with van der Waals surface area (Å²) in [6.07, 6.45) is 4.05. The summed E-state index contributed by atoms with van der Waals surface area (Å²) in [6, 6.07) is 8.76.